The molecule has 0 spiro atoms. The largest absolute Gasteiger partial charge is 0.325 e. The molecule has 1 aromatic heterocycles. The van der Waals surface area contributed by atoms with Gasteiger partial charge in [0, 0.05) is 29.7 Å². The Balaban J connectivity index is 1.60. The lowest BCUT2D eigenvalue weighted by molar-refractivity contribution is -0.113. The maximum atomic E-state index is 12.4. The van der Waals surface area contributed by atoms with Crippen molar-refractivity contribution in [1.29, 1.82) is 0 Å². The van der Waals surface area contributed by atoms with Crippen molar-refractivity contribution < 1.29 is 4.79 Å². The SMILES string of the molecule is CCCN1CCc2nc(SCC(=O)Nc3ccc(Br)cc3)[nH]c(=O)c2C1. The highest BCUT2D eigenvalue weighted by Crippen LogP contribution is 2.19. The predicted molar refractivity (Wildman–Crippen MR) is 108 cm³/mol. The standard InChI is InChI=1S/C18H21BrN4O2S/c1-2-8-23-9-7-15-14(10-23)17(25)22-18(21-15)26-11-16(24)20-13-5-3-12(19)4-6-13/h3-6H,2,7-11H2,1H3,(H,20,24)(H,21,22,25). The molecule has 8 heteroatoms. The molecule has 0 bridgehead atoms. The summed E-state index contributed by atoms with van der Waals surface area (Å²) in [5.41, 5.74) is 2.26. The molecular weight excluding hydrogens is 416 g/mol. The van der Waals surface area contributed by atoms with Crippen molar-refractivity contribution in [2.24, 2.45) is 0 Å². The number of amides is 1. The van der Waals surface area contributed by atoms with Gasteiger partial charge in [-0.1, -0.05) is 34.6 Å². The Hall–Kier alpha value is -1.64. The average Bonchev–Trinajstić information content (AvgIpc) is 2.63. The zero-order valence-electron chi connectivity index (χ0n) is 14.5. The van der Waals surface area contributed by atoms with Gasteiger partial charge in [-0.3, -0.25) is 14.5 Å². The quantitative estimate of drug-likeness (QED) is 0.537. The second-order valence-electron chi connectivity index (χ2n) is 6.17. The lowest BCUT2D eigenvalue weighted by Crippen LogP contribution is -2.36. The van der Waals surface area contributed by atoms with E-state index in [2.05, 4.69) is 43.0 Å². The van der Waals surface area contributed by atoms with Crippen molar-refractivity contribution in [1.82, 2.24) is 14.9 Å². The monoisotopic (exact) mass is 436 g/mol. The van der Waals surface area contributed by atoms with E-state index in [0.717, 1.165) is 47.3 Å². The highest BCUT2D eigenvalue weighted by Gasteiger charge is 2.20. The van der Waals surface area contributed by atoms with Gasteiger partial charge in [0.25, 0.3) is 5.56 Å². The number of fused-ring (bicyclic) bond motifs is 1. The molecule has 0 atom stereocenters. The van der Waals surface area contributed by atoms with Gasteiger partial charge in [0.2, 0.25) is 5.91 Å². The van der Waals surface area contributed by atoms with Crippen molar-refractivity contribution in [2.45, 2.75) is 31.5 Å². The van der Waals surface area contributed by atoms with Gasteiger partial charge in [-0.25, -0.2) is 4.98 Å². The Morgan fingerprint density at radius 3 is 2.88 bits per heavy atom. The molecular formula is C18H21BrN4O2S. The molecule has 6 nitrogen and oxygen atoms in total. The number of aromatic amines is 1. The van der Waals surface area contributed by atoms with E-state index in [-0.39, 0.29) is 17.2 Å². The second-order valence-corrected chi connectivity index (χ2v) is 8.05. The number of hydrogen-bond acceptors (Lipinski definition) is 5. The number of rotatable bonds is 6. The zero-order chi connectivity index (χ0) is 18.5. The maximum absolute atomic E-state index is 12.4. The van der Waals surface area contributed by atoms with E-state index >= 15 is 0 Å². The molecule has 2 heterocycles. The number of aromatic nitrogens is 2. The molecule has 138 valence electrons. The number of carbonyl (C=O) groups excluding carboxylic acids is 1. The number of hydrogen-bond donors (Lipinski definition) is 2. The van der Waals surface area contributed by atoms with Crippen molar-refractivity contribution in [3.05, 3.63) is 50.3 Å². The van der Waals surface area contributed by atoms with Crippen LogP contribution >= 0.6 is 27.7 Å². The highest BCUT2D eigenvalue weighted by atomic mass is 79.9. The van der Waals surface area contributed by atoms with E-state index in [4.69, 9.17) is 0 Å². The Kier molecular flexibility index (Phi) is 6.50. The molecule has 1 amide bonds. The summed E-state index contributed by atoms with van der Waals surface area (Å²) in [7, 11) is 0. The summed E-state index contributed by atoms with van der Waals surface area (Å²) >= 11 is 4.61. The van der Waals surface area contributed by atoms with Crippen LogP contribution < -0.4 is 10.9 Å². The highest BCUT2D eigenvalue weighted by molar-refractivity contribution is 9.10. The first kappa shape index (κ1) is 19.1. The van der Waals surface area contributed by atoms with Crippen LogP contribution in [0.1, 0.15) is 24.6 Å². The minimum absolute atomic E-state index is 0.0911. The first-order valence-corrected chi connectivity index (χ1v) is 10.4. The van der Waals surface area contributed by atoms with Gasteiger partial charge in [0.05, 0.1) is 17.0 Å². The van der Waals surface area contributed by atoms with Crippen LogP contribution in [0.5, 0.6) is 0 Å². The van der Waals surface area contributed by atoms with Crippen LogP contribution in [0.2, 0.25) is 0 Å². The van der Waals surface area contributed by atoms with E-state index in [1.807, 2.05) is 24.3 Å². The van der Waals surface area contributed by atoms with Gasteiger partial charge in [0.15, 0.2) is 5.16 Å². The molecule has 0 aliphatic carbocycles. The summed E-state index contributed by atoms with van der Waals surface area (Å²) in [5.74, 6) is 0.0616. The summed E-state index contributed by atoms with van der Waals surface area (Å²) in [6.45, 7) is 4.70. The lowest BCUT2D eigenvalue weighted by atomic mass is 10.1. The van der Waals surface area contributed by atoms with Gasteiger partial charge in [-0.2, -0.15) is 0 Å². The maximum Gasteiger partial charge on any atom is 0.256 e. The molecule has 0 saturated carbocycles. The van der Waals surface area contributed by atoms with Crippen LogP contribution in [-0.4, -0.2) is 39.6 Å². The molecule has 26 heavy (non-hydrogen) atoms. The number of nitrogens with one attached hydrogen (secondary N) is 2. The number of benzene rings is 1. The molecule has 3 rings (SSSR count). The van der Waals surface area contributed by atoms with Gasteiger partial charge in [-0.05, 0) is 37.2 Å². The number of thioether (sulfide) groups is 1. The first-order valence-electron chi connectivity index (χ1n) is 8.58. The zero-order valence-corrected chi connectivity index (χ0v) is 17.0. The molecule has 0 unspecified atom stereocenters. The summed E-state index contributed by atoms with van der Waals surface area (Å²) in [4.78, 5) is 34.1. The van der Waals surface area contributed by atoms with Crippen LogP contribution in [0.4, 0.5) is 5.69 Å². The summed E-state index contributed by atoms with van der Waals surface area (Å²) in [6, 6.07) is 7.39. The van der Waals surface area contributed by atoms with Crippen LogP contribution in [0.15, 0.2) is 38.7 Å². The average molecular weight is 437 g/mol. The molecule has 1 aromatic carbocycles. The third-order valence-electron chi connectivity index (χ3n) is 4.13. The minimum atomic E-state index is -0.133. The summed E-state index contributed by atoms with van der Waals surface area (Å²) < 4.78 is 0.957. The predicted octanol–water partition coefficient (Wildman–Crippen LogP) is 3.03. The van der Waals surface area contributed by atoms with E-state index in [0.29, 0.717) is 11.7 Å². The Labute approximate surface area is 164 Å². The first-order chi connectivity index (χ1) is 12.5. The fourth-order valence-corrected chi connectivity index (χ4v) is 3.84. The van der Waals surface area contributed by atoms with E-state index in [1.54, 1.807) is 0 Å². The molecule has 1 aliphatic heterocycles. The van der Waals surface area contributed by atoms with Crippen LogP contribution in [-0.2, 0) is 17.8 Å². The van der Waals surface area contributed by atoms with Gasteiger partial charge in [-0.15, -0.1) is 0 Å². The number of H-pyrrole nitrogens is 1. The number of halogens is 1. The van der Waals surface area contributed by atoms with Gasteiger partial charge >= 0.3 is 0 Å². The molecule has 2 aromatic rings. The summed E-state index contributed by atoms with van der Waals surface area (Å²) in [6.07, 6.45) is 1.85. The van der Waals surface area contributed by atoms with Crippen LogP contribution in [0.3, 0.4) is 0 Å². The molecule has 2 N–H and O–H groups in total. The van der Waals surface area contributed by atoms with Crippen molar-refractivity contribution in [3.63, 3.8) is 0 Å². The number of carbonyl (C=O) groups is 1. The topological polar surface area (TPSA) is 78.1 Å². The second kappa shape index (κ2) is 8.83. The Morgan fingerprint density at radius 1 is 1.38 bits per heavy atom. The fraction of sp³-hybridized carbons (Fsp3) is 0.389. The van der Waals surface area contributed by atoms with Crippen LogP contribution in [0, 0.1) is 0 Å². The van der Waals surface area contributed by atoms with Crippen molar-refractivity contribution >= 4 is 39.3 Å². The number of anilines is 1. The fourth-order valence-electron chi connectivity index (χ4n) is 2.90. The third-order valence-corrected chi connectivity index (χ3v) is 5.54. The van der Waals surface area contributed by atoms with E-state index in [9.17, 15) is 9.59 Å². The molecule has 0 fully saturated rings. The third kappa shape index (κ3) is 4.96. The lowest BCUT2D eigenvalue weighted by Gasteiger charge is -2.27. The van der Waals surface area contributed by atoms with E-state index < -0.39 is 0 Å². The van der Waals surface area contributed by atoms with Crippen molar-refractivity contribution in [3.8, 4) is 0 Å². The summed E-state index contributed by atoms with van der Waals surface area (Å²) in [5, 5.41) is 3.33. The van der Waals surface area contributed by atoms with Gasteiger partial charge < -0.3 is 10.3 Å². The van der Waals surface area contributed by atoms with E-state index in [1.165, 1.54) is 11.8 Å². The smallest absolute Gasteiger partial charge is 0.256 e. The minimum Gasteiger partial charge on any atom is -0.325 e. The Bertz CT molecular complexity index is 838. The Morgan fingerprint density at radius 2 is 2.15 bits per heavy atom. The number of nitrogens with zero attached hydrogens (tertiary/aromatic N) is 2. The normalized spacial score (nSPS) is 14.1. The molecule has 0 saturated heterocycles. The van der Waals surface area contributed by atoms with Gasteiger partial charge in [0.1, 0.15) is 0 Å². The van der Waals surface area contributed by atoms with Crippen molar-refractivity contribution in [2.75, 3.05) is 24.2 Å². The molecule has 1 aliphatic rings. The van der Waals surface area contributed by atoms with Crippen LogP contribution in [0.25, 0.3) is 0 Å². The molecule has 0 radical (unpaired) electrons.